The van der Waals surface area contributed by atoms with E-state index in [0.717, 1.165) is 6.54 Å². The summed E-state index contributed by atoms with van der Waals surface area (Å²) in [4.78, 5) is 9.97. The Balaban J connectivity index is 2.17. The number of hydrogen-bond acceptors (Lipinski definition) is 4. The summed E-state index contributed by atoms with van der Waals surface area (Å²) in [6, 6.07) is 1.62. The van der Waals surface area contributed by atoms with Crippen molar-refractivity contribution in [1.82, 2.24) is 9.97 Å². The van der Waals surface area contributed by atoms with Gasteiger partial charge in [0.1, 0.15) is 11.5 Å². The van der Waals surface area contributed by atoms with Crippen LogP contribution in [0.3, 0.4) is 0 Å². The molecule has 0 amide bonds. The third-order valence-electron chi connectivity index (χ3n) is 2.42. The van der Waals surface area contributed by atoms with Crippen LogP contribution >= 0.6 is 0 Å². The van der Waals surface area contributed by atoms with Crippen molar-refractivity contribution < 1.29 is 4.39 Å². The van der Waals surface area contributed by atoms with Crippen LogP contribution in [0, 0.1) is 6.42 Å². The third kappa shape index (κ3) is 2.34. The average molecular weight is 209 g/mol. The highest BCUT2D eigenvalue weighted by Crippen LogP contribution is 2.25. The molecule has 2 rings (SSSR count). The van der Waals surface area contributed by atoms with Crippen molar-refractivity contribution >= 4 is 11.8 Å². The second kappa shape index (κ2) is 3.64. The number of aromatic nitrogens is 2. The van der Waals surface area contributed by atoms with Crippen LogP contribution in [-0.2, 0) is 0 Å². The number of nitrogens with two attached hydrogens (primary N) is 1. The van der Waals surface area contributed by atoms with E-state index >= 15 is 0 Å². The van der Waals surface area contributed by atoms with Crippen molar-refractivity contribution in [2.24, 2.45) is 0 Å². The van der Waals surface area contributed by atoms with Gasteiger partial charge in [-0.1, -0.05) is 0 Å². The van der Waals surface area contributed by atoms with Crippen molar-refractivity contribution in [2.75, 3.05) is 23.7 Å². The number of alkyl halides is 1. The predicted octanol–water partition coefficient (Wildman–Crippen LogP) is 1.20. The zero-order valence-electron chi connectivity index (χ0n) is 8.65. The second-order valence-electron chi connectivity index (χ2n) is 3.97. The molecule has 1 fully saturated rings. The van der Waals surface area contributed by atoms with E-state index < -0.39 is 5.67 Å². The molecule has 0 saturated carbocycles. The first-order chi connectivity index (χ1) is 7.07. The fourth-order valence-electron chi connectivity index (χ4n) is 1.72. The minimum absolute atomic E-state index is 0.288. The second-order valence-corrected chi connectivity index (χ2v) is 3.97. The van der Waals surface area contributed by atoms with Gasteiger partial charge in [-0.05, 0) is 19.4 Å². The summed E-state index contributed by atoms with van der Waals surface area (Å²) >= 11 is 0. The predicted molar refractivity (Wildman–Crippen MR) is 57.1 cm³/mol. The maximum absolute atomic E-state index is 13.7. The molecule has 2 N–H and O–H groups in total. The van der Waals surface area contributed by atoms with Crippen molar-refractivity contribution in [3.8, 4) is 0 Å². The van der Waals surface area contributed by atoms with Gasteiger partial charge in [0.25, 0.3) is 0 Å². The van der Waals surface area contributed by atoms with Crippen LogP contribution in [0.25, 0.3) is 0 Å². The quantitative estimate of drug-likeness (QED) is 0.755. The number of nitrogens with zero attached hydrogens (tertiary/aromatic N) is 3. The fourth-order valence-corrected chi connectivity index (χ4v) is 1.72. The Kier molecular flexibility index (Phi) is 2.46. The van der Waals surface area contributed by atoms with E-state index in [1.54, 1.807) is 25.6 Å². The molecule has 1 radical (unpaired) electrons. The Labute approximate surface area is 88.3 Å². The molecule has 5 heteroatoms. The zero-order chi connectivity index (χ0) is 10.9. The van der Waals surface area contributed by atoms with E-state index in [4.69, 9.17) is 5.73 Å². The maximum Gasteiger partial charge on any atom is 0.227 e. The van der Waals surface area contributed by atoms with E-state index in [1.165, 1.54) is 0 Å². The number of nitrogen functional groups attached to an aromatic ring is 1. The lowest BCUT2D eigenvalue weighted by Crippen LogP contribution is -2.44. The van der Waals surface area contributed by atoms with E-state index in [0.29, 0.717) is 18.2 Å². The van der Waals surface area contributed by atoms with Gasteiger partial charge in [-0.2, -0.15) is 4.98 Å². The largest absolute Gasteiger partial charge is 0.384 e. The van der Waals surface area contributed by atoms with Crippen LogP contribution < -0.4 is 10.6 Å². The van der Waals surface area contributed by atoms with Gasteiger partial charge in [0.05, 0.1) is 6.54 Å². The Bertz CT molecular complexity index is 353. The molecule has 0 spiro atoms. The molecular formula is C10H14FN4. The van der Waals surface area contributed by atoms with Gasteiger partial charge in [-0.25, -0.2) is 9.37 Å². The van der Waals surface area contributed by atoms with Gasteiger partial charge in [0.2, 0.25) is 5.95 Å². The van der Waals surface area contributed by atoms with Gasteiger partial charge >= 0.3 is 0 Å². The van der Waals surface area contributed by atoms with E-state index in [9.17, 15) is 4.39 Å². The molecule has 2 heterocycles. The normalized spacial score (nSPS) is 26.7. The van der Waals surface area contributed by atoms with Gasteiger partial charge in [0.15, 0.2) is 0 Å². The summed E-state index contributed by atoms with van der Waals surface area (Å²) < 4.78 is 13.7. The lowest BCUT2D eigenvalue weighted by Gasteiger charge is -2.34. The summed E-state index contributed by atoms with van der Waals surface area (Å²) in [5.74, 6) is 0.919. The molecule has 1 aliphatic rings. The van der Waals surface area contributed by atoms with Crippen LogP contribution in [-0.4, -0.2) is 28.7 Å². The maximum atomic E-state index is 13.7. The molecule has 4 nitrogen and oxygen atoms in total. The highest BCUT2D eigenvalue weighted by Gasteiger charge is 2.31. The molecule has 1 aromatic rings. The van der Waals surface area contributed by atoms with Crippen LogP contribution in [0.2, 0.25) is 0 Å². The molecular weight excluding hydrogens is 195 g/mol. The smallest absolute Gasteiger partial charge is 0.227 e. The summed E-state index contributed by atoms with van der Waals surface area (Å²) in [6.45, 7) is 2.59. The van der Waals surface area contributed by atoms with Crippen LogP contribution in [0.15, 0.2) is 12.3 Å². The summed E-state index contributed by atoms with van der Waals surface area (Å²) in [7, 11) is 0. The number of anilines is 2. The highest BCUT2D eigenvalue weighted by atomic mass is 19.1. The Morgan fingerprint density at radius 3 is 3.07 bits per heavy atom. The molecule has 0 unspecified atom stereocenters. The fraction of sp³-hybridized carbons (Fsp3) is 0.500. The molecule has 0 aromatic carbocycles. The molecule has 81 valence electrons. The van der Waals surface area contributed by atoms with Crippen LogP contribution in [0.4, 0.5) is 16.2 Å². The number of hydrogen-bond donors (Lipinski definition) is 1. The lowest BCUT2D eigenvalue weighted by atomic mass is 9.97. The van der Waals surface area contributed by atoms with Crippen molar-refractivity contribution in [1.29, 1.82) is 0 Å². The highest BCUT2D eigenvalue weighted by molar-refractivity contribution is 5.39. The lowest BCUT2D eigenvalue weighted by molar-refractivity contribution is 0.217. The van der Waals surface area contributed by atoms with Crippen molar-refractivity contribution in [3.05, 3.63) is 18.7 Å². The van der Waals surface area contributed by atoms with Crippen molar-refractivity contribution in [2.45, 2.75) is 19.0 Å². The van der Waals surface area contributed by atoms with Gasteiger partial charge in [-0.3, -0.25) is 0 Å². The monoisotopic (exact) mass is 209 g/mol. The van der Waals surface area contributed by atoms with Crippen LogP contribution in [0.5, 0.6) is 0 Å². The number of rotatable bonds is 1. The molecule has 0 aliphatic carbocycles. The molecule has 0 bridgehead atoms. The first-order valence-corrected chi connectivity index (χ1v) is 4.94. The van der Waals surface area contributed by atoms with E-state index in [1.807, 2.05) is 4.90 Å². The van der Waals surface area contributed by atoms with Gasteiger partial charge < -0.3 is 10.6 Å². The van der Waals surface area contributed by atoms with Gasteiger partial charge in [-0.15, -0.1) is 0 Å². The molecule has 1 atom stereocenters. The zero-order valence-corrected chi connectivity index (χ0v) is 8.65. The van der Waals surface area contributed by atoms with Crippen molar-refractivity contribution in [3.63, 3.8) is 0 Å². The minimum Gasteiger partial charge on any atom is -0.384 e. The first kappa shape index (κ1) is 10.1. The topological polar surface area (TPSA) is 55.0 Å². The Hall–Kier alpha value is -1.39. The molecule has 1 aromatic heterocycles. The van der Waals surface area contributed by atoms with E-state index in [-0.39, 0.29) is 6.54 Å². The standard InChI is InChI=1S/C10H14FN4/c1-10(11)4-2-6-15(7-10)9-13-5-3-8(12)14-9/h3-5H,2,6-7H2,1H3,(H2,12,13,14)/t10-/m1/s1. The number of piperidine rings is 1. The first-order valence-electron chi connectivity index (χ1n) is 4.94. The number of halogens is 1. The minimum atomic E-state index is -1.27. The molecule has 1 saturated heterocycles. The average Bonchev–Trinajstić information content (AvgIpc) is 2.16. The van der Waals surface area contributed by atoms with E-state index in [2.05, 4.69) is 9.97 Å². The Morgan fingerprint density at radius 2 is 2.40 bits per heavy atom. The summed E-state index contributed by atoms with van der Waals surface area (Å²) in [6.07, 6.45) is 3.98. The third-order valence-corrected chi connectivity index (χ3v) is 2.42. The molecule has 1 aliphatic heterocycles. The summed E-state index contributed by atoms with van der Waals surface area (Å²) in [5.41, 5.74) is 4.28. The Morgan fingerprint density at radius 1 is 1.60 bits per heavy atom. The summed E-state index contributed by atoms with van der Waals surface area (Å²) in [5, 5.41) is 0. The SMILES string of the molecule is C[C@@]1(F)[CH]CCN(c2nccc(N)n2)C1. The molecule has 15 heavy (non-hydrogen) atoms. The van der Waals surface area contributed by atoms with Gasteiger partial charge in [0, 0.05) is 19.2 Å². The van der Waals surface area contributed by atoms with Crippen LogP contribution in [0.1, 0.15) is 13.3 Å².